The molecule has 0 bridgehead atoms. The molecule has 2 heterocycles. The maximum Gasteiger partial charge on any atom is 0.198 e. The predicted molar refractivity (Wildman–Crippen MR) is 91.9 cm³/mol. The van der Waals surface area contributed by atoms with Crippen molar-refractivity contribution < 1.29 is 35.1 Å². The van der Waals surface area contributed by atoms with Crippen LogP contribution < -0.4 is 0 Å². The summed E-state index contributed by atoms with van der Waals surface area (Å²) in [5, 5.41) is -1.07. The average Bonchev–Trinajstić information content (AvgIpc) is 3.23. The molecule has 0 saturated carbocycles. The minimum Gasteiger partial charge on any atom is -0.203 e. The Balaban J connectivity index is 2.03. The SMILES string of the molecule is Fc1c(F)c(F)c2c(sc3cc4c(cc32)sc2c(F)c(F)c(F)c(F)c24)c1F. The summed E-state index contributed by atoms with van der Waals surface area (Å²) < 4.78 is 110. The molecule has 5 aromatic rings. The van der Waals surface area contributed by atoms with Crippen molar-refractivity contribution in [2.24, 2.45) is 0 Å². The number of benzene rings is 3. The fraction of sp³-hybridized carbons (Fsp3) is 0. The first-order valence-electron chi connectivity index (χ1n) is 7.48. The van der Waals surface area contributed by atoms with E-state index in [9.17, 15) is 35.1 Å². The van der Waals surface area contributed by atoms with Crippen LogP contribution in [-0.4, -0.2) is 0 Å². The Morgan fingerprint density at radius 2 is 0.750 bits per heavy atom. The highest BCUT2D eigenvalue weighted by Gasteiger charge is 2.27. The van der Waals surface area contributed by atoms with Gasteiger partial charge in [-0.2, -0.15) is 0 Å². The molecule has 3 aromatic carbocycles. The summed E-state index contributed by atoms with van der Waals surface area (Å²) in [7, 11) is 0. The van der Waals surface area contributed by atoms with Gasteiger partial charge in [-0.25, -0.2) is 35.1 Å². The van der Waals surface area contributed by atoms with Crippen LogP contribution in [0.5, 0.6) is 0 Å². The molecule has 0 N–H and O–H groups in total. The quantitative estimate of drug-likeness (QED) is 0.134. The average molecular weight is 434 g/mol. The van der Waals surface area contributed by atoms with Gasteiger partial charge >= 0.3 is 0 Å². The lowest BCUT2D eigenvalue weighted by Crippen LogP contribution is -1.95. The highest BCUT2D eigenvalue weighted by Crippen LogP contribution is 2.45. The molecule has 28 heavy (non-hydrogen) atoms. The lowest BCUT2D eigenvalue weighted by Gasteiger charge is -2.01. The van der Waals surface area contributed by atoms with Gasteiger partial charge in [-0.3, -0.25) is 0 Å². The van der Waals surface area contributed by atoms with Crippen molar-refractivity contribution in [2.45, 2.75) is 0 Å². The number of hydrogen-bond donors (Lipinski definition) is 0. The highest BCUT2D eigenvalue weighted by atomic mass is 32.1. The van der Waals surface area contributed by atoms with Gasteiger partial charge in [0.1, 0.15) is 0 Å². The zero-order chi connectivity index (χ0) is 20.1. The molecule has 0 fully saturated rings. The fourth-order valence-electron chi connectivity index (χ4n) is 3.24. The summed E-state index contributed by atoms with van der Waals surface area (Å²) in [4.78, 5) is 0. The first-order chi connectivity index (χ1) is 13.2. The van der Waals surface area contributed by atoms with Gasteiger partial charge in [0.15, 0.2) is 46.5 Å². The number of thiophene rings is 2. The van der Waals surface area contributed by atoms with Crippen LogP contribution in [0.15, 0.2) is 12.1 Å². The van der Waals surface area contributed by atoms with Gasteiger partial charge in [0.25, 0.3) is 0 Å². The van der Waals surface area contributed by atoms with E-state index in [2.05, 4.69) is 0 Å². The van der Waals surface area contributed by atoms with Crippen molar-refractivity contribution in [3.8, 4) is 0 Å². The van der Waals surface area contributed by atoms with Gasteiger partial charge in [0.05, 0.1) is 9.40 Å². The summed E-state index contributed by atoms with van der Waals surface area (Å²) in [6.07, 6.45) is 0. The van der Waals surface area contributed by atoms with E-state index in [0.717, 1.165) is 0 Å². The molecule has 0 radical (unpaired) electrons. The van der Waals surface area contributed by atoms with Crippen LogP contribution in [0, 0.1) is 46.5 Å². The zero-order valence-corrected chi connectivity index (χ0v) is 14.6. The Bertz CT molecular complexity index is 1380. The van der Waals surface area contributed by atoms with Gasteiger partial charge in [-0.15, -0.1) is 22.7 Å². The third-order valence-electron chi connectivity index (χ3n) is 4.49. The topological polar surface area (TPSA) is 0 Å². The fourth-order valence-corrected chi connectivity index (χ4v) is 5.53. The van der Waals surface area contributed by atoms with Crippen LogP contribution in [-0.2, 0) is 0 Å². The van der Waals surface area contributed by atoms with Crippen LogP contribution in [0.4, 0.5) is 35.1 Å². The summed E-state index contributed by atoms with van der Waals surface area (Å²) >= 11 is 1.14. The van der Waals surface area contributed by atoms with Crippen molar-refractivity contribution in [2.75, 3.05) is 0 Å². The molecule has 0 aliphatic carbocycles. The summed E-state index contributed by atoms with van der Waals surface area (Å²) in [5.41, 5.74) is 0. The molecular weight excluding hydrogens is 432 g/mol. The van der Waals surface area contributed by atoms with Crippen molar-refractivity contribution in [1.82, 2.24) is 0 Å². The molecule has 0 aliphatic rings. The number of fused-ring (bicyclic) bond motifs is 6. The van der Waals surface area contributed by atoms with E-state index in [1.165, 1.54) is 12.1 Å². The molecule has 142 valence electrons. The van der Waals surface area contributed by atoms with Gasteiger partial charge in [0.2, 0.25) is 0 Å². The molecular formula is C18H2F8S2. The standard InChI is InChI=1S/C18H2F8S2/c19-9-7-3-1-5-4(2-6(3)28-17(7)15(25)13(23)11(9)21)8-10(20)12(22)14(24)16(26)18(8)27-5/h1-2H. The molecule has 0 unspecified atom stereocenters. The highest BCUT2D eigenvalue weighted by molar-refractivity contribution is 7.27. The lowest BCUT2D eigenvalue weighted by atomic mass is 10.1. The van der Waals surface area contributed by atoms with Crippen molar-refractivity contribution in [3.05, 3.63) is 58.7 Å². The van der Waals surface area contributed by atoms with Gasteiger partial charge < -0.3 is 0 Å². The molecule has 10 heteroatoms. The summed E-state index contributed by atoms with van der Waals surface area (Å²) in [6.45, 7) is 0. The zero-order valence-electron chi connectivity index (χ0n) is 13.0. The maximum absolute atomic E-state index is 14.3. The molecule has 0 aliphatic heterocycles. The van der Waals surface area contributed by atoms with Crippen LogP contribution in [0.25, 0.3) is 40.3 Å². The molecule has 0 amide bonds. The molecule has 0 atom stereocenters. The molecule has 0 spiro atoms. The second-order valence-corrected chi connectivity index (χ2v) is 8.07. The maximum atomic E-state index is 14.3. The lowest BCUT2D eigenvalue weighted by molar-refractivity contribution is 0.419. The number of halogens is 8. The smallest absolute Gasteiger partial charge is 0.198 e. The molecule has 2 aromatic heterocycles. The number of rotatable bonds is 0. The first kappa shape index (κ1) is 17.6. The monoisotopic (exact) mass is 434 g/mol. The first-order valence-corrected chi connectivity index (χ1v) is 9.12. The summed E-state index contributed by atoms with van der Waals surface area (Å²) in [6, 6.07) is 2.39. The predicted octanol–water partition coefficient (Wildman–Crippen LogP) is 7.54. The van der Waals surface area contributed by atoms with E-state index in [4.69, 9.17) is 0 Å². The second-order valence-electron chi connectivity index (χ2n) is 5.97. The van der Waals surface area contributed by atoms with Crippen LogP contribution >= 0.6 is 22.7 Å². The molecule has 0 nitrogen and oxygen atoms in total. The van der Waals surface area contributed by atoms with E-state index >= 15 is 0 Å². The third kappa shape index (κ3) is 1.99. The van der Waals surface area contributed by atoms with E-state index in [1.807, 2.05) is 0 Å². The van der Waals surface area contributed by atoms with Crippen LogP contribution in [0.3, 0.4) is 0 Å². The summed E-state index contributed by atoms with van der Waals surface area (Å²) in [5.74, 6) is -14.2. The van der Waals surface area contributed by atoms with Crippen molar-refractivity contribution >= 4 is 63.0 Å². The Labute approximate surface area is 157 Å². The van der Waals surface area contributed by atoms with Crippen LogP contribution in [0.1, 0.15) is 0 Å². The van der Waals surface area contributed by atoms with Gasteiger partial charge in [-0.1, -0.05) is 0 Å². The molecule has 0 saturated heterocycles. The minimum absolute atomic E-state index is 0.0175. The largest absolute Gasteiger partial charge is 0.203 e. The van der Waals surface area contributed by atoms with E-state index in [1.54, 1.807) is 0 Å². The molecule has 5 rings (SSSR count). The Morgan fingerprint density at radius 1 is 0.429 bits per heavy atom. The minimum atomic E-state index is -1.98. The third-order valence-corrected chi connectivity index (χ3v) is 6.78. The number of hydrogen-bond acceptors (Lipinski definition) is 2. The van der Waals surface area contributed by atoms with Crippen molar-refractivity contribution in [1.29, 1.82) is 0 Å². The Kier molecular flexibility index (Phi) is 3.49. The second kappa shape index (κ2) is 5.54. The van der Waals surface area contributed by atoms with Gasteiger partial charge in [0, 0.05) is 30.9 Å². The van der Waals surface area contributed by atoms with E-state index in [0.29, 0.717) is 22.7 Å². The Morgan fingerprint density at radius 3 is 1.11 bits per heavy atom. The van der Waals surface area contributed by atoms with Crippen LogP contribution in [0.2, 0.25) is 0 Å². The van der Waals surface area contributed by atoms with Crippen molar-refractivity contribution in [3.63, 3.8) is 0 Å². The Hall–Kier alpha value is -2.46. The normalized spacial score (nSPS) is 12.3. The van der Waals surface area contributed by atoms with E-state index in [-0.39, 0.29) is 20.2 Å². The van der Waals surface area contributed by atoms with Gasteiger partial charge in [-0.05, 0) is 12.1 Å². The van der Waals surface area contributed by atoms with E-state index < -0.39 is 66.7 Å².